The Morgan fingerprint density at radius 1 is 0.525 bits per heavy atom. The molecule has 11 amide bonds. The number of halogens is 3. The van der Waals surface area contributed by atoms with Crippen molar-refractivity contribution in [3.8, 4) is 5.75 Å². The van der Waals surface area contributed by atoms with Gasteiger partial charge in [0.2, 0.25) is 0 Å². The monoisotopic (exact) mass is 1650 g/mol. The van der Waals surface area contributed by atoms with E-state index in [0.29, 0.717) is 95.8 Å². The first-order valence-corrected chi connectivity index (χ1v) is 38.6. The summed E-state index contributed by atoms with van der Waals surface area (Å²) in [5.41, 5.74) is 9.95. The normalized spacial score (nSPS) is 17.3. The van der Waals surface area contributed by atoms with Crippen LogP contribution >= 0.6 is 0 Å². The van der Waals surface area contributed by atoms with Crippen molar-refractivity contribution in [2.75, 3.05) is 154 Å². The molecule has 0 spiro atoms. The van der Waals surface area contributed by atoms with Crippen molar-refractivity contribution in [3.63, 3.8) is 0 Å². The number of nitrogens with one attached hydrogen (secondary N) is 5. The zero-order valence-electron chi connectivity index (χ0n) is 65.5. The number of ketones is 2. The van der Waals surface area contributed by atoms with Crippen molar-refractivity contribution < 1.29 is 71.3 Å². The Kier molecular flexibility index (Phi) is 24.6. The fourth-order valence-electron chi connectivity index (χ4n) is 15.1. The van der Waals surface area contributed by atoms with E-state index < -0.39 is 49.5 Å². The van der Waals surface area contributed by atoms with Gasteiger partial charge in [0.1, 0.15) is 58.7 Å². The lowest BCUT2D eigenvalue weighted by Crippen LogP contribution is -2.48. The summed E-state index contributed by atoms with van der Waals surface area (Å²) < 4.78 is 43.1. The van der Waals surface area contributed by atoms with Gasteiger partial charge in [0.15, 0.2) is 40.7 Å². The predicted molar refractivity (Wildman–Crippen MR) is 434 cm³/mol. The number of tetrazole rings is 1. The average molecular weight is 1650 g/mol. The lowest BCUT2D eigenvalue weighted by Gasteiger charge is -2.35. The first-order valence-electron chi connectivity index (χ1n) is 38.6. The number of ether oxygens (including phenoxy) is 1. The lowest BCUT2D eigenvalue weighted by molar-refractivity contribution is -0.133. The number of aromatic amines is 1. The van der Waals surface area contributed by atoms with Gasteiger partial charge in [-0.15, -0.1) is 10.2 Å². The number of H-pyrrole nitrogens is 1. The number of carbonyl (C=O) groups excluding carboxylic acids is 9. The minimum atomic E-state index is -4.45. The van der Waals surface area contributed by atoms with Crippen LogP contribution < -0.4 is 70.9 Å². The van der Waals surface area contributed by atoms with Crippen molar-refractivity contribution in [2.24, 2.45) is 5.73 Å². The van der Waals surface area contributed by atoms with Crippen LogP contribution in [-0.2, 0) is 6.42 Å². The molecule has 8 aromatic heterocycles. The van der Waals surface area contributed by atoms with Crippen molar-refractivity contribution in [1.29, 1.82) is 0 Å². The third-order valence-corrected chi connectivity index (χ3v) is 20.9. The Bertz CT molecular complexity index is 5330. The van der Waals surface area contributed by atoms with E-state index in [2.05, 4.69) is 91.5 Å². The molecule has 9 N–H and O–H groups in total. The van der Waals surface area contributed by atoms with Crippen LogP contribution in [0.4, 0.5) is 102 Å². The number of aryl methyl sites for hydroxylation is 1. The minimum Gasteiger partial charge on any atom is -0.491 e. The molecule has 0 saturated carbocycles. The van der Waals surface area contributed by atoms with Crippen LogP contribution in [-0.4, -0.2) is 259 Å². The van der Waals surface area contributed by atoms with Crippen molar-refractivity contribution in [1.82, 2.24) is 65.3 Å². The van der Waals surface area contributed by atoms with E-state index in [1.54, 1.807) is 140 Å². The molecule has 41 heteroatoms. The molecular formula is C79H85F3N26O12. The Hall–Kier alpha value is -14.1. The van der Waals surface area contributed by atoms with E-state index in [1.165, 1.54) is 39.1 Å². The molecule has 0 unspecified atom stereocenters. The number of urea groups is 4. The molecule has 5 atom stereocenters. The number of hydrogen-bond donors (Lipinski definition) is 8. The molecule has 8 aliphatic rings. The summed E-state index contributed by atoms with van der Waals surface area (Å²) >= 11 is 0. The molecular weight excluding hydrogens is 1560 g/mol. The fourth-order valence-corrected chi connectivity index (χ4v) is 15.1. The highest BCUT2D eigenvalue weighted by atomic mass is 19.4. The standard InChI is InChI=1S/C23H26N8O5.C22H23F3N6O3.C18H20N6O2.C16H16N6O2/c32-12-16(33)13-36-17-3-1-2-14(10-17)24-23(35)31-15-8-9-30(11-15)19-5-4-18(25-22(19)31)20(34)6-7-21-26-28-29-27-21;1-29(2)20(33)13-6-9-26-18(11-13)28-21(34)31-14-7-10-30(12-14)16-4-3-15(27-19(16)31)17(32)5-8-22(23,24)25;1-22(2)17(25)13-6-7-14-16(20-13)24(12-8-10-23(14)11-12)18(26)21-15-5-3-4-9-19-15;17-14(23)11-4-5-12-15(19-11)22(10-6-8-21(12)9-10)16(24)20-13-3-1-2-7-18-13/h1-5,10,15-16,32-33H,6-9,11-13H2,(H,24,35)(H,26,27,28,29);3-4,6,9,11,14H,5,7-8,10,12H2,1-2H3,(H,26,28,34);3-7,9,12H,8,10-11H2,1-2H3,(H,19,21,26);1-5,7,10H,6,8-9H2,(H2,17,23)(H,18,20,24)/t15-,16+;14-;12-;10-/m0000/s1. The Morgan fingerprint density at radius 2 is 0.967 bits per heavy atom. The van der Waals surface area contributed by atoms with Crippen LogP contribution in [0.25, 0.3) is 0 Å². The summed E-state index contributed by atoms with van der Waals surface area (Å²) in [6, 6.07) is 32.2. The van der Waals surface area contributed by atoms with E-state index in [9.17, 15) is 61.4 Å². The van der Waals surface area contributed by atoms with Crippen molar-refractivity contribution in [3.05, 3.63) is 174 Å². The van der Waals surface area contributed by atoms with Gasteiger partial charge in [-0.3, -0.25) is 59.5 Å². The van der Waals surface area contributed by atoms with Gasteiger partial charge in [0, 0.05) is 136 Å². The highest BCUT2D eigenvalue weighted by Crippen LogP contribution is 2.44. The quantitative estimate of drug-likeness (QED) is 0.0396. The van der Waals surface area contributed by atoms with E-state index >= 15 is 0 Å². The highest BCUT2D eigenvalue weighted by molar-refractivity contribution is 6.09. The number of hydrogen-bond acceptors (Lipinski definition) is 26. The van der Waals surface area contributed by atoms with Gasteiger partial charge in [0.05, 0.1) is 59.9 Å². The summed E-state index contributed by atoms with van der Waals surface area (Å²) in [4.78, 5) is 161. The van der Waals surface area contributed by atoms with E-state index in [1.807, 2.05) is 23.1 Å². The molecule has 624 valence electrons. The Labute approximate surface area is 683 Å². The van der Waals surface area contributed by atoms with Crippen LogP contribution in [0.5, 0.6) is 5.75 Å². The number of aliphatic hydroxyl groups is 2. The number of aromatic nitrogens is 11. The van der Waals surface area contributed by atoms with Crippen LogP contribution in [0.1, 0.15) is 103 Å². The number of benzene rings is 1. The first kappa shape index (κ1) is 82.4. The highest BCUT2D eigenvalue weighted by Gasteiger charge is 2.46. The van der Waals surface area contributed by atoms with Gasteiger partial charge in [0.25, 0.3) is 17.7 Å². The molecule has 1 aromatic carbocycles. The number of fused-ring (bicyclic) bond motifs is 16. The number of pyridine rings is 7. The summed E-state index contributed by atoms with van der Waals surface area (Å²) in [7, 11) is 6.58. The second-order valence-electron chi connectivity index (χ2n) is 29.5. The number of nitrogens with zero attached hydrogens (tertiary/aromatic N) is 20. The lowest BCUT2D eigenvalue weighted by atomic mass is 10.1. The number of aliphatic hydroxyl groups excluding tert-OH is 2. The molecule has 38 nitrogen and oxygen atoms in total. The molecule has 4 fully saturated rings. The molecule has 120 heavy (non-hydrogen) atoms. The zero-order chi connectivity index (χ0) is 84.6. The minimum absolute atomic E-state index is 0.0110. The van der Waals surface area contributed by atoms with Crippen LogP contribution in [0, 0.1) is 0 Å². The number of anilines is 12. The van der Waals surface area contributed by atoms with Crippen LogP contribution in [0.2, 0.25) is 0 Å². The molecule has 8 aliphatic heterocycles. The maximum atomic E-state index is 13.4. The number of primary amides is 1. The molecule has 17 rings (SSSR count). The summed E-state index contributed by atoms with van der Waals surface area (Å²) in [6.45, 7) is 5.49. The zero-order valence-corrected chi connectivity index (χ0v) is 65.5. The van der Waals surface area contributed by atoms with Crippen LogP contribution in [0.15, 0.2) is 140 Å². The summed E-state index contributed by atoms with van der Waals surface area (Å²) in [5, 5.41) is 43.2. The SMILES string of the molecule is CN(C)C(=O)c1ccc2c(n1)N(C(=O)Nc1ccccn1)[C@H]1CCN2C1.CN(C)C(=O)c1ccnc(NC(=O)N2c3nc(C(=O)CCC(F)(F)F)ccc3N3CC[C@H]2C3)c1.NC(=O)c1ccc2c(n1)N(C(=O)Nc1ccccn1)[C@H]1CCN2C1.O=C(CCc1nn[nH]n1)c1ccc2c(n1)N(C(=O)Nc1cccc(OC[C@H](O)CO)c1)[C@H]1CCN2C1. The fraction of sp³-hybridized carbons (Fsp3) is 0.354. The largest absolute Gasteiger partial charge is 0.491 e. The number of Topliss-reactive ketones (excluding diaryl/α,β-unsaturated/α-hetero) is 2. The maximum Gasteiger partial charge on any atom is 0.389 e. The van der Waals surface area contributed by atoms with E-state index in [-0.39, 0.29) is 102 Å². The summed E-state index contributed by atoms with van der Waals surface area (Å²) in [6.07, 6.45) is 0.907. The maximum absolute atomic E-state index is 13.4. The van der Waals surface area contributed by atoms with Crippen molar-refractivity contribution in [2.45, 2.75) is 87.8 Å². The van der Waals surface area contributed by atoms with Gasteiger partial charge < -0.3 is 55.4 Å². The number of alkyl halides is 3. The van der Waals surface area contributed by atoms with E-state index in [0.717, 1.165) is 69.0 Å². The second-order valence-corrected chi connectivity index (χ2v) is 29.5. The summed E-state index contributed by atoms with van der Waals surface area (Å²) in [5.74, 6) is 1.69. The van der Waals surface area contributed by atoms with Crippen molar-refractivity contribution >= 4 is 123 Å². The molecule has 8 bridgehead atoms. The number of amides is 11. The Morgan fingerprint density at radius 3 is 1.41 bits per heavy atom. The molecule has 0 radical (unpaired) electrons. The smallest absolute Gasteiger partial charge is 0.389 e. The molecule has 0 aliphatic carbocycles. The predicted octanol–water partition coefficient (Wildman–Crippen LogP) is 7.12. The van der Waals surface area contributed by atoms with Gasteiger partial charge in [-0.25, -0.2) is 54.1 Å². The molecule has 4 saturated heterocycles. The number of carbonyl (C=O) groups is 9. The van der Waals surface area contributed by atoms with Gasteiger partial charge in [-0.2, -0.15) is 18.4 Å². The van der Waals surface area contributed by atoms with Crippen LogP contribution in [0.3, 0.4) is 0 Å². The second kappa shape index (κ2) is 35.8. The van der Waals surface area contributed by atoms with Gasteiger partial charge >= 0.3 is 30.3 Å². The molecule has 9 aromatic rings. The molecule has 16 heterocycles. The topological polar surface area (TPSA) is 455 Å². The third-order valence-electron chi connectivity index (χ3n) is 20.9. The third kappa shape index (κ3) is 18.6. The number of rotatable bonds is 18. The van der Waals surface area contributed by atoms with Gasteiger partial charge in [-0.1, -0.05) is 23.4 Å². The van der Waals surface area contributed by atoms with E-state index in [4.69, 9.17) is 15.6 Å². The average Bonchev–Trinajstić information content (AvgIpc) is 1.58. The number of nitrogens with two attached hydrogens (primary N) is 1. The first-order chi connectivity index (χ1) is 57.7. The Balaban J connectivity index is 0.000000133. The van der Waals surface area contributed by atoms with Gasteiger partial charge in [-0.05, 0) is 123 Å².